The van der Waals surface area contributed by atoms with Crippen molar-refractivity contribution >= 4 is 16.8 Å². The maximum atomic E-state index is 14.7. The van der Waals surface area contributed by atoms with Gasteiger partial charge in [0.2, 0.25) is 5.92 Å². The molecule has 1 amide bonds. The van der Waals surface area contributed by atoms with Crippen LogP contribution in [-0.4, -0.2) is 27.7 Å². The number of amides is 1. The van der Waals surface area contributed by atoms with Gasteiger partial charge in [0.05, 0.1) is 10.9 Å². The van der Waals surface area contributed by atoms with Gasteiger partial charge in [0.25, 0.3) is 11.8 Å². The molecular weight excluding hydrogens is 414 g/mol. The van der Waals surface area contributed by atoms with Crippen LogP contribution in [0.2, 0.25) is 0 Å². The van der Waals surface area contributed by atoms with Crippen LogP contribution in [0.3, 0.4) is 0 Å². The number of fused-ring (bicyclic) bond motifs is 1. The Morgan fingerprint density at radius 3 is 2.55 bits per heavy atom. The fourth-order valence-electron chi connectivity index (χ4n) is 5.35. The molecule has 3 atom stereocenters. The number of nitrogens with zero attached hydrogens (tertiary/aromatic N) is 1. The first kappa shape index (κ1) is 21.8. The minimum atomic E-state index is -2.93. The summed E-state index contributed by atoms with van der Waals surface area (Å²) in [6.07, 6.45) is 1.14. The zero-order valence-electron chi connectivity index (χ0n) is 17.1. The standard InChI is InChI=1S/C22H25F4N3O2/c1-11-8-13(12-2-5-21(23,24)6-3-12)14(10-22(11,25)26)16-9-17(30)18-15(29-16)4-7-28-19(18)20(27)31/h4,7,9,11-14H,2-3,5-6,8,10H2,1H3,(H2,27,31)(H,29,30)/t11-,13+,14?/m1/s1. The summed E-state index contributed by atoms with van der Waals surface area (Å²) >= 11 is 0. The van der Waals surface area contributed by atoms with E-state index in [0.29, 0.717) is 11.2 Å². The number of hydrogen-bond donors (Lipinski definition) is 2. The highest BCUT2D eigenvalue weighted by atomic mass is 19.3. The van der Waals surface area contributed by atoms with Crippen molar-refractivity contribution in [2.24, 2.45) is 23.5 Å². The summed E-state index contributed by atoms with van der Waals surface area (Å²) in [6, 6.07) is 2.73. The number of nitrogens with two attached hydrogens (primary N) is 1. The van der Waals surface area contributed by atoms with E-state index >= 15 is 0 Å². The van der Waals surface area contributed by atoms with E-state index in [-0.39, 0.29) is 55.0 Å². The topological polar surface area (TPSA) is 88.8 Å². The monoisotopic (exact) mass is 439 g/mol. The SMILES string of the molecule is C[C@@H]1C[C@@H](C2CCC(F)(F)CC2)C(c2cc(=O)c3c(C(N)=O)nccc3[nH]2)CC1(F)F. The molecule has 1 unspecified atom stereocenters. The van der Waals surface area contributed by atoms with Crippen LogP contribution in [0.4, 0.5) is 17.6 Å². The number of aromatic amines is 1. The second kappa shape index (κ2) is 7.60. The zero-order chi connectivity index (χ0) is 22.6. The average Bonchev–Trinajstić information content (AvgIpc) is 2.69. The highest BCUT2D eigenvalue weighted by Gasteiger charge is 2.50. The number of nitrogens with one attached hydrogen (secondary N) is 1. The summed E-state index contributed by atoms with van der Waals surface area (Å²) in [5.41, 5.74) is 5.23. The summed E-state index contributed by atoms with van der Waals surface area (Å²) in [5.74, 6) is -8.38. The van der Waals surface area contributed by atoms with Crippen LogP contribution in [-0.2, 0) is 0 Å². The summed E-state index contributed by atoms with van der Waals surface area (Å²) in [5, 5.41) is 0.0172. The number of pyridine rings is 2. The largest absolute Gasteiger partial charge is 0.364 e. The Kier molecular flexibility index (Phi) is 5.34. The van der Waals surface area contributed by atoms with Gasteiger partial charge in [-0.1, -0.05) is 6.92 Å². The third-order valence-electron chi connectivity index (χ3n) is 7.12. The minimum absolute atomic E-state index is 0.0172. The van der Waals surface area contributed by atoms with Crippen molar-refractivity contribution in [3.8, 4) is 0 Å². The first-order valence-electron chi connectivity index (χ1n) is 10.6. The van der Waals surface area contributed by atoms with Crippen LogP contribution < -0.4 is 11.2 Å². The minimum Gasteiger partial charge on any atom is -0.364 e. The van der Waals surface area contributed by atoms with Crippen LogP contribution in [0.1, 0.15) is 67.5 Å². The molecule has 4 rings (SSSR count). The number of H-pyrrole nitrogens is 1. The molecule has 0 saturated heterocycles. The Balaban J connectivity index is 1.76. The van der Waals surface area contributed by atoms with Gasteiger partial charge >= 0.3 is 0 Å². The van der Waals surface area contributed by atoms with Gasteiger partial charge in [0, 0.05) is 49.1 Å². The highest BCUT2D eigenvalue weighted by molar-refractivity contribution is 6.03. The van der Waals surface area contributed by atoms with Crippen molar-refractivity contribution in [3.63, 3.8) is 0 Å². The lowest BCUT2D eigenvalue weighted by Crippen LogP contribution is -2.42. The Hall–Kier alpha value is -2.45. The van der Waals surface area contributed by atoms with Crippen LogP contribution in [0.5, 0.6) is 0 Å². The number of hydrogen-bond acceptors (Lipinski definition) is 3. The van der Waals surface area contributed by atoms with Gasteiger partial charge in [-0.3, -0.25) is 14.6 Å². The molecule has 168 valence electrons. The highest BCUT2D eigenvalue weighted by Crippen LogP contribution is 2.53. The van der Waals surface area contributed by atoms with Crippen molar-refractivity contribution in [2.45, 2.75) is 63.2 Å². The van der Waals surface area contributed by atoms with Crippen molar-refractivity contribution in [3.05, 3.63) is 39.9 Å². The lowest BCUT2D eigenvalue weighted by molar-refractivity contribution is -0.116. The Morgan fingerprint density at radius 2 is 1.90 bits per heavy atom. The Morgan fingerprint density at radius 1 is 1.23 bits per heavy atom. The maximum absolute atomic E-state index is 14.7. The Labute approximate surface area is 176 Å². The molecule has 9 heteroatoms. The Bertz CT molecular complexity index is 1060. The number of halogens is 4. The lowest BCUT2D eigenvalue weighted by atomic mass is 9.63. The molecule has 0 bridgehead atoms. The summed E-state index contributed by atoms with van der Waals surface area (Å²) < 4.78 is 56.8. The van der Waals surface area contributed by atoms with Crippen LogP contribution in [0.25, 0.3) is 10.9 Å². The molecule has 2 aromatic rings. The second-order valence-corrected chi connectivity index (χ2v) is 9.10. The molecule has 2 aliphatic carbocycles. The molecule has 0 radical (unpaired) electrons. The first-order chi connectivity index (χ1) is 14.5. The van der Waals surface area contributed by atoms with Crippen LogP contribution in [0.15, 0.2) is 23.1 Å². The quantitative estimate of drug-likeness (QED) is 0.685. The van der Waals surface area contributed by atoms with Crippen LogP contribution >= 0.6 is 0 Å². The lowest BCUT2D eigenvalue weighted by Gasteiger charge is -2.45. The molecule has 3 N–H and O–H groups in total. The fourth-order valence-corrected chi connectivity index (χ4v) is 5.35. The molecule has 31 heavy (non-hydrogen) atoms. The maximum Gasteiger partial charge on any atom is 0.268 e. The fraction of sp³-hybridized carbons (Fsp3) is 0.591. The normalized spacial score (nSPS) is 28.5. The van der Waals surface area contributed by atoms with Crippen molar-refractivity contribution in [1.29, 1.82) is 0 Å². The predicted molar refractivity (Wildman–Crippen MR) is 107 cm³/mol. The van der Waals surface area contributed by atoms with E-state index in [0.717, 1.165) is 0 Å². The van der Waals surface area contributed by atoms with Crippen molar-refractivity contribution in [2.75, 3.05) is 0 Å². The van der Waals surface area contributed by atoms with Gasteiger partial charge < -0.3 is 10.7 Å². The van der Waals surface area contributed by atoms with E-state index in [2.05, 4.69) is 9.97 Å². The number of primary amides is 1. The molecule has 0 aliphatic heterocycles. The van der Waals surface area contributed by atoms with E-state index in [1.54, 1.807) is 0 Å². The molecule has 2 saturated carbocycles. The van der Waals surface area contributed by atoms with Gasteiger partial charge in [-0.25, -0.2) is 17.6 Å². The predicted octanol–water partition coefficient (Wildman–Crippen LogP) is 4.61. The molecule has 2 fully saturated rings. The molecule has 2 aliphatic rings. The number of aromatic nitrogens is 2. The van der Waals surface area contributed by atoms with Gasteiger partial charge in [-0.2, -0.15) is 0 Å². The third kappa shape index (κ3) is 4.06. The summed E-state index contributed by atoms with van der Waals surface area (Å²) in [7, 11) is 0. The van der Waals surface area contributed by atoms with Gasteiger partial charge in [-0.15, -0.1) is 0 Å². The van der Waals surface area contributed by atoms with Gasteiger partial charge in [0.15, 0.2) is 5.43 Å². The zero-order valence-corrected chi connectivity index (χ0v) is 17.1. The van der Waals surface area contributed by atoms with Gasteiger partial charge in [-0.05, 0) is 37.2 Å². The van der Waals surface area contributed by atoms with Gasteiger partial charge in [0.1, 0.15) is 5.69 Å². The number of carbonyl (C=O) groups is 1. The van der Waals surface area contributed by atoms with E-state index < -0.39 is 41.4 Å². The molecular formula is C22H25F4N3O2. The van der Waals surface area contributed by atoms with E-state index in [9.17, 15) is 27.2 Å². The third-order valence-corrected chi connectivity index (χ3v) is 7.12. The molecule has 0 aromatic carbocycles. The number of rotatable bonds is 3. The second-order valence-electron chi connectivity index (χ2n) is 9.10. The summed E-state index contributed by atoms with van der Waals surface area (Å²) in [4.78, 5) is 31.3. The first-order valence-corrected chi connectivity index (χ1v) is 10.6. The molecule has 5 nitrogen and oxygen atoms in total. The van der Waals surface area contributed by atoms with Crippen LogP contribution in [0, 0.1) is 17.8 Å². The smallest absolute Gasteiger partial charge is 0.268 e. The molecule has 2 aromatic heterocycles. The van der Waals surface area contributed by atoms with E-state index in [4.69, 9.17) is 5.73 Å². The molecule has 2 heterocycles. The van der Waals surface area contributed by atoms with Crippen molar-refractivity contribution < 1.29 is 22.4 Å². The number of carbonyl (C=O) groups excluding carboxylic acids is 1. The van der Waals surface area contributed by atoms with Crippen molar-refractivity contribution in [1.82, 2.24) is 9.97 Å². The molecule has 0 spiro atoms. The van der Waals surface area contributed by atoms with E-state index in [1.807, 2.05) is 0 Å². The average molecular weight is 439 g/mol. The number of alkyl halides is 4. The summed E-state index contributed by atoms with van der Waals surface area (Å²) in [6.45, 7) is 1.49. The van der Waals surface area contributed by atoms with E-state index in [1.165, 1.54) is 25.3 Å².